The summed E-state index contributed by atoms with van der Waals surface area (Å²) in [5, 5.41) is 20.3. The summed E-state index contributed by atoms with van der Waals surface area (Å²) in [4.78, 5) is 23.5. The van der Waals surface area contributed by atoms with Gasteiger partial charge in [0.15, 0.2) is 0 Å². The number of carbonyl (C=O) groups excluding carboxylic acids is 1. The Kier molecular flexibility index (Phi) is 5.96. The van der Waals surface area contributed by atoms with Gasteiger partial charge in [-0.25, -0.2) is 4.79 Å². The highest BCUT2D eigenvalue weighted by Crippen LogP contribution is 2.21. The second-order valence-corrected chi connectivity index (χ2v) is 4.40. The second-order valence-electron chi connectivity index (χ2n) is 4.40. The Morgan fingerprint density at radius 2 is 2.19 bits per heavy atom. The fourth-order valence-corrected chi connectivity index (χ4v) is 1.76. The zero-order chi connectivity index (χ0) is 15.8. The summed E-state index contributed by atoms with van der Waals surface area (Å²) in [5.74, 6) is -1.11. The fraction of sp³-hybridized carbons (Fsp3) is 0.267. The smallest absolute Gasteiger partial charge is 0.328 e. The van der Waals surface area contributed by atoms with Gasteiger partial charge in [-0.3, -0.25) is 4.79 Å². The number of amides is 1. The maximum atomic E-state index is 11.2. The van der Waals surface area contributed by atoms with Gasteiger partial charge in [-0.2, -0.15) is 5.26 Å². The van der Waals surface area contributed by atoms with Crippen molar-refractivity contribution in [1.82, 2.24) is 5.32 Å². The Bertz CT molecular complexity index is 603. The Morgan fingerprint density at radius 1 is 1.48 bits per heavy atom. The summed E-state index contributed by atoms with van der Waals surface area (Å²) in [6, 6.07) is 7.17. The highest BCUT2D eigenvalue weighted by Gasteiger charge is 2.09. The standard InChI is InChI=1S/C15H17N3O3/c1-17-14(19)7-8-18(2)13-5-3-11(4-6-15(20)21)9-12(13)10-16/h3-6,9H,7-8H2,1-2H3,(H,17,19)(H,20,21)/b6-4+. The highest BCUT2D eigenvalue weighted by atomic mass is 16.4. The Morgan fingerprint density at radius 3 is 2.76 bits per heavy atom. The summed E-state index contributed by atoms with van der Waals surface area (Å²) < 4.78 is 0. The van der Waals surface area contributed by atoms with E-state index in [4.69, 9.17) is 5.11 Å². The highest BCUT2D eigenvalue weighted by molar-refractivity contribution is 5.85. The van der Waals surface area contributed by atoms with Gasteiger partial charge in [0.1, 0.15) is 6.07 Å². The lowest BCUT2D eigenvalue weighted by molar-refractivity contribution is -0.131. The van der Waals surface area contributed by atoms with Gasteiger partial charge in [-0.05, 0) is 23.8 Å². The lowest BCUT2D eigenvalue weighted by Crippen LogP contribution is -2.26. The molecule has 0 bridgehead atoms. The Labute approximate surface area is 123 Å². The summed E-state index contributed by atoms with van der Waals surface area (Å²) in [6.45, 7) is 0.485. The van der Waals surface area contributed by atoms with Crippen LogP contribution in [0.2, 0.25) is 0 Å². The maximum Gasteiger partial charge on any atom is 0.328 e. The van der Waals surface area contributed by atoms with Crippen LogP contribution in [0.15, 0.2) is 24.3 Å². The normalized spacial score (nSPS) is 10.1. The number of hydrogen-bond acceptors (Lipinski definition) is 4. The number of rotatable bonds is 6. The SMILES string of the molecule is CNC(=O)CCN(C)c1ccc(/C=C/C(=O)O)cc1C#N. The number of nitrogens with one attached hydrogen (secondary N) is 1. The van der Waals surface area contributed by atoms with E-state index in [-0.39, 0.29) is 5.91 Å². The molecule has 0 spiro atoms. The zero-order valence-corrected chi connectivity index (χ0v) is 12.0. The van der Waals surface area contributed by atoms with Crippen LogP contribution in [0, 0.1) is 11.3 Å². The number of aliphatic carboxylic acids is 1. The molecule has 110 valence electrons. The summed E-state index contributed by atoms with van der Waals surface area (Å²) in [6.07, 6.45) is 2.78. The van der Waals surface area contributed by atoms with E-state index in [0.29, 0.717) is 29.8 Å². The molecule has 0 heterocycles. The lowest BCUT2D eigenvalue weighted by Gasteiger charge is -2.20. The Balaban J connectivity index is 2.91. The van der Waals surface area contributed by atoms with E-state index in [1.165, 1.54) is 6.08 Å². The second kappa shape index (κ2) is 7.70. The molecule has 0 saturated heterocycles. The van der Waals surface area contributed by atoms with Crippen molar-refractivity contribution in [2.24, 2.45) is 0 Å². The molecular formula is C15H17N3O3. The fourth-order valence-electron chi connectivity index (χ4n) is 1.76. The predicted octanol–water partition coefficient (Wildman–Crippen LogP) is 1.23. The molecule has 0 aliphatic carbocycles. The first-order valence-corrected chi connectivity index (χ1v) is 6.34. The van der Waals surface area contributed by atoms with Gasteiger partial charge in [-0.15, -0.1) is 0 Å². The van der Waals surface area contributed by atoms with Crippen LogP contribution >= 0.6 is 0 Å². The van der Waals surface area contributed by atoms with Crippen LogP contribution < -0.4 is 10.2 Å². The number of benzene rings is 1. The van der Waals surface area contributed by atoms with Crippen molar-refractivity contribution in [1.29, 1.82) is 5.26 Å². The van der Waals surface area contributed by atoms with Crippen molar-refractivity contribution in [3.63, 3.8) is 0 Å². The number of nitrogens with zero attached hydrogens (tertiary/aromatic N) is 2. The first-order valence-electron chi connectivity index (χ1n) is 6.34. The molecule has 0 aliphatic heterocycles. The molecule has 1 amide bonds. The van der Waals surface area contributed by atoms with Gasteiger partial charge in [-0.1, -0.05) is 6.07 Å². The van der Waals surface area contributed by atoms with Crippen molar-refractivity contribution in [3.8, 4) is 6.07 Å². The molecule has 6 nitrogen and oxygen atoms in total. The van der Waals surface area contributed by atoms with E-state index in [2.05, 4.69) is 11.4 Å². The minimum absolute atomic E-state index is 0.0682. The molecule has 0 atom stereocenters. The third-order valence-electron chi connectivity index (χ3n) is 2.92. The monoisotopic (exact) mass is 287 g/mol. The zero-order valence-electron chi connectivity index (χ0n) is 12.0. The minimum Gasteiger partial charge on any atom is -0.478 e. The third-order valence-corrected chi connectivity index (χ3v) is 2.92. The van der Waals surface area contributed by atoms with Crippen LogP contribution in [0.4, 0.5) is 5.69 Å². The van der Waals surface area contributed by atoms with E-state index in [0.717, 1.165) is 6.08 Å². The summed E-state index contributed by atoms with van der Waals surface area (Å²) >= 11 is 0. The number of carboxylic acids is 1. The van der Waals surface area contributed by atoms with Crippen LogP contribution in [0.5, 0.6) is 0 Å². The molecule has 0 unspecified atom stereocenters. The van der Waals surface area contributed by atoms with Crippen LogP contribution in [0.1, 0.15) is 17.5 Å². The van der Waals surface area contributed by atoms with E-state index in [1.807, 2.05) is 4.90 Å². The lowest BCUT2D eigenvalue weighted by atomic mass is 10.1. The van der Waals surface area contributed by atoms with Crippen LogP contribution in [-0.2, 0) is 9.59 Å². The predicted molar refractivity (Wildman–Crippen MR) is 79.8 cm³/mol. The molecule has 0 saturated carbocycles. The van der Waals surface area contributed by atoms with Crippen molar-refractivity contribution in [3.05, 3.63) is 35.4 Å². The van der Waals surface area contributed by atoms with Crippen molar-refractivity contribution >= 4 is 23.6 Å². The van der Waals surface area contributed by atoms with Gasteiger partial charge < -0.3 is 15.3 Å². The summed E-state index contributed by atoms with van der Waals surface area (Å²) in [5.41, 5.74) is 1.77. The Hall–Kier alpha value is -2.81. The molecule has 0 radical (unpaired) electrons. The number of nitriles is 1. The van der Waals surface area contributed by atoms with E-state index >= 15 is 0 Å². The molecular weight excluding hydrogens is 270 g/mol. The number of anilines is 1. The molecule has 0 fully saturated rings. The first-order chi connectivity index (χ1) is 9.97. The van der Waals surface area contributed by atoms with Gasteiger partial charge >= 0.3 is 5.97 Å². The van der Waals surface area contributed by atoms with Crippen LogP contribution in [-0.4, -0.2) is 37.6 Å². The van der Waals surface area contributed by atoms with Gasteiger partial charge in [0.2, 0.25) is 5.91 Å². The average Bonchev–Trinajstić information content (AvgIpc) is 2.49. The van der Waals surface area contributed by atoms with E-state index in [1.54, 1.807) is 32.3 Å². The van der Waals surface area contributed by atoms with Crippen molar-refractivity contribution in [2.45, 2.75) is 6.42 Å². The number of carbonyl (C=O) groups is 2. The average molecular weight is 287 g/mol. The molecule has 0 aromatic heterocycles. The quantitative estimate of drug-likeness (QED) is 0.767. The molecule has 1 aromatic carbocycles. The number of hydrogen-bond donors (Lipinski definition) is 2. The first kappa shape index (κ1) is 16.2. The third kappa shape index (κ3) is 4.99. The molecule has 1 rings (SSSR count). The summed E-state index contributed by atoms with van der Waals surface area (Å²) in [7, 11) is 3.37. The molecule has 2 N–H and O–H groups in total. The van der Waals surface area contributed by atoms with Crippen LogP contribution in [0.3, 0.4) is 0 Å². The van der Waals surface area contributed by atoms with Crippen LogP contribution in [0.25, 0.3) is 6.08 Å². The van der Waals surface area contributed by atoms with Crippen molar-refractivity contribution < 1.29 is 14.7 Å². The topological polar surface area (TPSA) is 93.4 Å². The van der Waals surface area contributed by atoms with Gasteiger partial charge in [0, 0.05) is 33.1 Å². The molecule has 21 heavy (non-hydrogen) atoms. The van der Waals surface area contributed by atoms with E-state index in [9.17, 15) is 14.9 Å². The largest absolute Gasteiger partial charge is 0.478 e. The van der Waals surface area contributed by atoms with Gasteiger partial charge in [0.25, 0.3) is 0 Å². The van der Waals surface area contributed by atoms with Crippen molar-refractivity contribution in [2.75, 3.05) is 25.5 Å². The van der Waals surface area contributed by atoms with E-state index < -0.39 is 5.97 Å². The minimum atomic E-state index is -1.04. The molecule has 0 aliphatic rings. The maximum absolute atomic E-state index is 11.2. The number of carboxylic acid groups (broad SMARTS) is 1. The van der Waals surface area contributed by atoms with Gasteiger partial charge in [0.05, 0.1) is 11.3 Å². The molecule has 6 heteroatoms. The molecule has 1 aromatic rings.